The molecule has 2 aliphatic rings. The van der Waals surface area contributed by atoms with Gasteiger partial charge in [-0.05, 0) is 45.7 Å². The van der Waals surface area contributed by atoms with Crippen LogP contribution in [0.1, 0.15) is 56.4 Å². The van der Waals surface area contributed by atoms with E-state index in [1.54, 1.807) is 26.8 Å². The number of nitrogens with zero attached hydrogens (tertiary/aromatic N) is 5. The van der Waals surface area contributed by atoms with Crippen LogP contribution in [0.25, 0.3) is 5.65 Å². The van der Waals surface area contributed by atoms with E-state index in [0.717, 1.165) is 0 Å². The molecule has 0 spiro atoms. The highest BCUT2D eigenvalue weighted by atomic mass is 19.1. The Bertz CT molecular complexity index is 1460. The molecule has 11 nitrogen and oxygen atoms in total. The van der Waals surface area contributed by atoms with Crippen molar-refractivity contribution < 1.29 is 23.1 Å². The van der Waals surface area contributed by atoms with Crippen molar-refractivity contribution in [3.63, 3.8) is 0 Å². The number of anilines is 3. The number of alkyl halides is 2. The van der Waals surface area contributed by atoms with E-state index >= 15 is 0 Å². The average Bonchev–Trinajstić information content (AvgIpc) is 3.41. The molecule has 5 rings (SSSR count). The summed E-state index contributed by atoms with van der Waals surface area (Å²) in [7, 11) is 1.47. The molecule has 38 heavy (non-hydrogen) atoms. The van der Waals surface area contributed by atoms with Crippen LogP contribution in [-0.2, 0) is 4.74 Å². The number of halogens is 2. The fourth-order valence-electron chi connectivity index (χ4n) is 4.15. The minimum atomic E-state index is -1.12. The second-order valence-electron chi connectivity index (χ2n) is 10.6. The first-order chi connectivity index (χ1) is 17.9. The predicted octanol–water partition coefficient (Wildman–Crippen LogP) is 3.52. The van der Waals surface area contributed by atoms with E-state index in [2.05, 4.69) is 20.7 Å². The summed E-state index contributed by atoms with van der Waals surface area (Å²) in [6.45, 7) is 5.18. The maximum Gasteiger partial charge on any atom is 0.415 e. The van der Waals surface area contributed by atoms with Gasteiger partial charge in [0.2, 0.25) is 0 Å². The monoisotopic (exact) mass is 529 g/mol. The van der Waals surface area contributed by atoms with E-state index in [1.807, 2.05) is 0 Å². The number of carbonyl (C=O) groups excluding carboxylic acids is 2. The Kier molecular flexibility index (Phi) is 6.32. The minimum Gasteiger partial charge on any atom is -0.443 e. The van der Waals surface area contributed by atoms with Gasteiger partial charge in [0.1, 0.15) is 40.8 Å². The SMILES string of the molecule is CN(C(=O)OC(C)(C)C)c1cc(Nc2cccn([C@H]3C[C@@H]3F)c2=O)nc2c(C(=O)NC3CC[C@@H]3F)cnn12. The van der Waals surface area contributed by atoms with Gasteiger partial charge in [0, 0.05) is 25.7 Å². The highest BCUT2D eigenvalue weighted by Crippen LogP contribution is 2.38. The summed E-state index contributed by atoms with van der Waals surface area (Å²) in [5.74, 6) is -0.236. The quantitative estimate of drug-likeness (QED) is 0.501. The van der Waals surface area contributed by atoms with Crippen LogP contribution in [0, 0.1) is 0 Å². The zero-order valence-electron chi connectivity index (χ0n) is 21.4. The molecule has 4 atom stereocenters. The van der Waals surface area contributed by atoms with Crippen LogP contribution in [0.3, 0.4) is 0 Å². The molecule has 2 N–H and O–H groups in total. The normalized spacial score (nSPS) is 22.5. The van der Waals surface area contributed by atoms with Gasteiger partial charge >= 0.3 is 6.09 Å². The first-order valence-corrected chi connectivity index (χ1v) is 12.4. The molecule has 0 saturated heterocycles. The maximum atomic E-state index is 13.8. The van der Waals surface area contributed by atoms with Gasteiger partial charge in [-0.2, -0.15) is 9.61 Å². The number of amides is 2. The summed E-state index contributed by atoms with van der Waals surface area (Å²) in [5.41, 5.74) is -0.933. The van der Waals surface area contributed by atoms with E-state index in [1.165, 1.54) is 45.6 Å². The van der Waals surface area contributed by atoms with Gasteiger partial charge in [0.05, 0.1) is 18.3 Å². The summed E-state index contributed by atoms with van der Waals surface area (Å²) in [4.78, 5) is 44.5. The van der Waals surface area contributed by atoms with E-state index in [0.29, 0.717) is 12.8 Å². The smallest absolute Gasteiger partial charge is 0.415 e. The Morgan fingerprint density at radius 1 is 1.21 bits per heavy atom. The van der Waals surface area contributed by atoms with Gasteiger partial charge < -0.3 is 19.9 Å². The molecule has 0 aromatic carbocycles. The largest absolute Gasteiger partial charge is 0.443 e. The van der Waals surface area contributed by atoms with Gasteiger partial charge in [-0.3, -0.25) is 14.5 Å². The fourth-order valence-corrected chi connectivity index (χ4v) is 4.15. The van der Waals surface area contributed by atoms with Crippen molar-refractivity contribution in [2.75, 3.05) is 17.3 Å². The topological polar surface area (TPSA) is 123 Å². The van der Waals surface area contributed by atoms with Crippen molar-refractivity contribution in [3.8, 4) is 0 Å². The molecule has 13 heteroatoms. The van der Waals surface area contributed by atoms with Crippen molar-refractivity contribution in [1.29, 1.82) is 0 Å². The van der Waals surface area contributed by atoms with Crippen LogP contribution in [0.4, 0.5) is 30.9 Å². The van der Waals surface area contributed by atoms with Crippen LogP contribution in [0.5, 0.6) is 0 Å². The number of aromatic nitrogens is 4. The Morgan fingerprint density at radius 2 is 1.95 bits per heavy atom. The standard InChI is InChI=1S/C25H29F2N7O4/c1-25(2,3)38-24(37)32(4)20-11-19(29-17-6-5-9-33(23(17)36)18-10-15(18)27)31-21-13(12-28-34(20)21)22(35)30-16-8-7-14(16)26/h5-6,9,11-12,14-16,18H,7-8,10H2,1-4H3,(H,29,31)(H,30,35)/t14-,15-,16?,18-/m0/s1. The van der Waals surface area contributed by atoms with Crippen LogP contribution in [0.2, 0.25) is 0 Å². The Labute approximate surface area is 216 Å². The van der Waals surface area contributed by atoms with E-state index in [9.17, 15) is 23.2 Å². The second-order valence-corrected chi connectivity index (χ2v) is 10.6. The molecule has 3 aromatic rings. The molecular weight excluding hydrogens is 500 g/mol. The van der Waals surface area contributed by atoms with Crippen molar-refractivity contribution in [3.05, 3.63) is 46.5 Å². The molecule has 1 unspecified atom stereocenters. The summed E-state index contributed by atoms with van der Waals surface area (Å²) in [5, 5.41) is 9.83. The summed E-state index contributed by atoms with van der Waals surface area (Å²) in [6.07, 6.45) is 1.12. The third-order valence-electron chi connectivity index (χ3n) is 6.49. The molecule has 3 aromatic heterocycles. The van der Waals surface area contributed by atoms with Crippen molar-refractivity contribution >= 4 is 35.0 Å². The zero-order chi connectivity index (χ0) is 27.4. The van der Waals surface area contributed by atoms with Crippen LogP contribution < -0.4 is 21.1 Å². The van der Waals surface area contributed by atoms with E-state index < -0.39 is 47.6 Å². The van der Waals surface area contributed by atoms with Crippen molar-refractivity contribution in [2.24, 2.45) is 0 Å². The number of rotatable bonds is 6. The number of hydrogen-bond donors (Lipinski definition) is 2. The second kappa shape index (κ2) is 9.37. The molecular formula is C25H29F2N7O4. The molecule has 2 fully saturated rings. The number of ether oxygens (including phenoxy) is 1. The van der Waals surface area contributed by atoms with Crippen molar-refractivity contribution in [2.45, 2.75) is 70.1 Å². The Hall–Kier alpha value is -4.03. The molecule has 0 bridgehead atoms. The number of hydrogen-bond acceptors (Lipinski definition) is 7. The highest BCUT2D eigenvalue weighted by Gasteiger charge is 2.40. The summed E-state index contributed by atoms with van der Waals surface area (Å²) in [6, 6.07) is 3.52. The molecule has 2 amide bonds. The van der Waals surface area contributed by atoms with Gasteiger partial charge in [-0.1, -0.05) is 0 Å². The lowest BCUT2D eigenvalue weighted by Gasteiger charge is -2.30. The summed E-state index contributed by atoms with van der Waals surface area (Å²) >= 11 is 0. The van der Waals surface area contributed by atoms with E-state index in [4.69, 9.17) is 4.74 Å². The first-order valence-electron chi connectivity index (χ1n) is 12.4. The van der Waals surface area contributed by atoms with Gasteiger partial charge in [0.25, 0.3) is 11.5 Å². The number of carbonyl (C=O) groups is 2. The molecule has 0 radical (unpaired) electrons. The van der Waals surface area contributed by atoms with Gasteiger partial charge in [-0.15, -0.1) is 0 Å². The van der Waals surface area contributed by atoms with Crippen molar-refractivity contribution in [1.82, 2.24) is 24.5 Å². The maximum absolute atomic E-state index is 13.8. The number of nitrogens with one attached hydrogen (secondary N) is 2. The lowest BCUT2D eigenvalue weighted by atomic mass is 9.90. The lowest BCUT2D eigenvalue weighted by molar-refractivity contribution is 0.0587. The molecule has 2 saturated carbocycles. The molecule has 0 aliphatic heterocycles. The number of pyridine rings is 1. The minimum absolute atomic E-state index is 0.0651. The number of fused-ring (bicyclic) bond motifs is 1. The third kappa shape index (κ3) is 4.92. The highest BCUT2D eigenvalue weighted by molar-refractivity contribution is 6.00. The average molecular weight is 530 g/mol. The third-order valence-corrected chi connectivity index (χ3v) is 6.49. The van der Waals surface area contributed by atoms with Gasteiger partial charge in [-0.25, -0.2) is 18.6 Å². The first kappa shape index (κ1) is 25.6. The molecule has 3 heterocycles. The predicted molar refractivity (Wildman–Crippen MR) is 136 cm³/mol. The van der Waals surface area contributed by atoms with Crippen LogP contribution in [-0.4, -0.2) is 62.2 Å². The zero-order valence-corrected chi connectivity index (χ0v) is 21.4. The lowest BCUT2D eigenvalue weighted by Crippen LogP contribution is -2.48. The Balaban J connectivity index is 1.55. The van der Waals surface area contributed by atoms with Gasteiger partial charge in [0.15, 0.2) is 5.65 Å². The fraction of sp³-hybridized carbons (Fsp3) is 0.480. The van der Waals surface area contributed by atoms with E-state index in [-0.39, 0.29) is 35.0 Å². The van der Waals surface area contributed by atoms with Crippen LogP contribution in [0.15, 0.2) is 35.4 Å². The van der Waals surface area contributed by atoms with Crippen LogP contribution >= 0.6 is 0 Å². The summed E-state index contributed by atoms with van der Waals surface area (Å²) < 4.78 is 35.5. The molecule has 2 aliphatic carbocycles. The Morgan fingerprint density at radius 3 is 2.55 bits per heavy atom. The molecule has 202 valence electrons.